The van der Waals surface area contributed by atoms with E-state index < -0.39 is 0 Å². The van der Waals surface area contributed by atoms with Crippen molar-refractivity contribution in [1.29, 1.82) is 0 Å². The van der Waals surface area contributed by atoms with E-state index in [-0.39, 0.29) is 11.3 Å². The molecule has 2 nitrogen and oxygen atoms in total. The normalized spacial score (nSPS) is 22.4. The molecule has 1 aromatic rings. The zero-order chi connectivity index (χ0) is 13.3. The van der Waals surface area contributed by atoms with Gasteiger partial charge in [0.1, 0.15) is 0 Å². The number of carbonyl (C=O) groups is 1. The van der Waals surface area contributed by atoms with Gasteiger partial charge in [-0.3, -0.25) is 4.79 Å². The minimum atomic E-state index is -0.136. The summed E-state index contributed by atoms with van der Waals surface area (Å²) in [6, 6.07) is 5.07. The average Bonchev–Trinajstić information content (AvgIpc) is 2.26. The van der Waals surface area contributed by atoms with Gasteiger partial charge in [-0.25, -0.2) is 0 Å². The fraction of sp³-hybridized carbons (Fsp3) is 0.462. The van der Waals surface area contributed by atoms with Gasteiger partial charge in [0, 0.05) is 19.0 Å². The molecule has 5 heteroatoms. The first kappa shape index (κ1) is 14.0. The topological polar surface area (TPSA) is 20.3 Å². The molecule has 0 bridgehead atoms. The molecule has 1 aromatic carbocycles. The minimum absolute atomic E-state index is 0.136. The molecule has 0 spiro atoms. The molecule has 2 rings (SSSR count). The summed E-state index contributed by atoms with van der Waals surface area (Å²) in [5, 5.41) is 1.05. The number of rotatable bonds is 3. The zero-order valence-corrected chi connectivity index (χ0v) is 12.3. The van der Waals surface area contributed by atoms with Gasteiger partial charge in [-0.2, -0.15) is 0 Å². The first-order valence-electron chi connectivity index (χ1n) is 5.82. The molecule has 1 saturated carbocycles. The molecule has 0 aromatic heterocycles. The Balaban J connectivity index is 2.06. The van der Waals surface area contributed by atoms with Crippen LogP contribution in [0.2, 0.25) is 10.0 Å². The smallest absolute Gasteiger partial charge is 0.256 e. The average molecular weight is 307 g/mol. The van der Waals surface area contributed by atoms with E-state index >= 15 is 0 Å². The van der Waals surface area contributed by atoms with Crippen LogP contribution in [0.4, 0.5) is 0 Å². The molecule has 18 heavy (non-hydrogen) atoms. The van der Waals surface area contributed by atoms with Crippen LogP contribution in [-0.4, -0.2) is 29.8 Å². The van der Waals surface area contributed by atoms with Crippen LogP contribution in [0.1, 0.15) is 23.2 Å². The lowest BCUT2D eigenvalue weighted by Crippen LogP contribution is -2.38. The molecule has 1 aliphatic rings. The van der Waals surface area contributed by atoms with Crippen molar-refractivity contribution in [2.75, 3.05) is 13.6 Å². The maximum atomic E-state index is 12.3. The highest BCUT2D eigenvalue weighted by molar-refractivity contribution is 6.39. The third-order valence-corrected chi connectivity index (χ3v) is 4.22. The van der Waals surface area contributed by atoms with E-state index in [0.717, 1.165) is 12.8 Å². The Morgan fingerprint density at radius 1 is 1.33 bits per heavy atom. The second-order valence-electron chi connectivity index (χ2n) is 4.72. The van der Waals surface area contributed by atoms with Crippen LogP contribution in [0, 0.1) is 5.92 Å². The van der Waals surface area contributed by atoms with Crippen LogP contribution in [0.15, 0.2) is 18.2 Å². The summed E-state index contributed by atoms with van der Waals surface area (Å²) in [4.78, 5) is 13.9. The van der Waals surface area contributed by atoms with Crippen molar-refractivity contribution >= 4 is 40.7 Å². The fourth-order valence-corrected chi connectivity index (χ4v) is 3.23. The highest BCUT2D eigenvalue weighted by Crippen LogP contribution is 2.33. The van der Waals surface area contributed by atoms with E-state index in [1.807, 2.05) is 0 Å². The molecule has 0 N–H and O–H groups in total. The van der Waals surface area contributed by atoms with Crippen molar-refractivity contribution < 1.29 is 4.79 Å². The summed E-state index contributed by atoms with van der Waals surface area (Å²) in [5.74, 6) is 0.353. The van der Waals surface area contributed by atoms with Gasteiger partial charge in [0.15, 0.2) is 0 Å². The van der Waals surface area contributed by atoms with Crippen LogP contribution in [-0.2, 0) is 0 Å². The molecule has 0 atom stereocenters. The van der Waals surface area contributed by atoms with Crippen LogP contribution in [0.25, 0.3) is 0 Å². The molecular formula is C13H14Cl3NO. The molecule has 1 fully saturated rings. The Labute approximate surface area is 122 Å². The zero-order valence-electron chi connectivity index (χ0n) is 10.00. The van der Waals surface area contributed by atoms with Gasteiger partial charge in [-0.1, -0.05) is 29.3 Å². The van der Waals surface area contributed by atoms with Gasteiger partial charge in [0.25, 0.3) is 5.91 Å². The molecule has 0 aliphatic heterocycles. The SMILES string of the molecule is CN(CC1CC(Cl)C1)C(=O)c1c(Cl)cccc1Cl. The van der Waals surface area contributed by atoms with E-state index in [2.05, 4.69) is 0 Å². The summed E-state index contributed by atoms with van der Waals surface area (Å²) < 4.78 is 0. The number of halogens is 3. The second-order valence-corrected chi connectivity index (χ2v) is 6.15. The van der Waals surface area contributed by atoms with Gasteiger partial charge in [0.2, 0.25) is 0 Å². The second kappa shape index (κ2) is 5.68. The minimum Gasteiger partial charge on any atom is -0.341 e. The number of nitrogens with zero attached hydrogens (tertiary/aromatic N) is 1. The molecule has 1 amide bonds. The molecular weight excluding hydrogens is 293 g/mol. The van der Waals surface area contributed by atoms with Crippen molar-refractivity contribution in [1.82, 2.24) is 4.90 Å². The van der Waals surface area contributed by atoms with Crippen LogP contribution >= 0.6 is 34.8 Å². The third-order valence-electron chi connectivity index (χ3n) is 3.23. The quantitative estimate of drug-likeness (QED) is 0.770. The summed E-state index contributed by atoms with van der Waals surface area (Å²) >= 11 is 18.0. The standard InChI is InChI=1S/C13H14Cl3NO/c1-17(7-8-5-9(14)6-8)13(18)12-10(15)3-2-4-11(12)16/h2-4,8-9H,5-7H2,1H3. The molecule has 0 saturated heterocycles. The Morgan fingerprint density at radius 2 is 1.89 bits per heavy atom. The van der Waals surface area contributed by atoms with Crippen LogP contribution < -0.4 is 0 Å². The van der Waals surface area contributed by atoms with Gasteiger partial charge in [0.05, 0.1) is 15.6 Å². The number of alkyl halides is 1. The molecule has 0 radical (unpaired) electrons. The van der Waals surface area contributed by atoms with E-state index in [0.29, 0.717) is 28.1 Å². The summed E-state index contributed by atoms with van der Waals surface area (Å²) in [7, 11) is 1.77. The first-order chi connectivity index (χ1) is 8.49. The van der Waals surface area contributed by atoms with Gasteiger partial charge >= 0.3 is 0 Å². The van der Waals surface area contributed by atoms with Crippen molar-refractivity contribution in [2.24, 2.45) is 5.92 Å². The van der Waals surface area contributed by atoms with Crippen LogP contribution in [0.3, 0.4) is 0 Å². The predicted molar refractivity (Wildman–Crippen MR) is 75.8 cm³/mol. The van der Waals surface area contributed by atoms with Gasteiger partial charge in [-0.05, 0) is 30.9 Å². The predicted octanol–water partition coefficient (Wildman–Crippen LogP) is 4.08. The largest absolute Gasteiger partial charge is 0.341 e. The number of carbonyl (C=O) groups excluding carboxylic acids is 1. The highest BCUT2D eigenvalue weighted by atomic mass is 35.5. The van der Waals surface area contributed by atoms with Crippen LogP contribution in [0.5, 0.6) is 0 Å². The van der Waals surface area contributed by atoms with E-state index in [1.165, 1.54) is 0 Å². The molecule has 0 unspecified atom stereocenters. The van der Waals surface area contributed by atoms with E-state index in [4.69, 9.17) is 34.8 Å². The van der Waals surface area contributed by atoms with E-state index in [1.54, 1.807) is 30.1 Å². The number of hydrogen-bond donors (Lipinski definition) is 0. The summed E-state index contributed by atoms with van der Waals surface area (Å²) in [5.41, 5.74) is 0.380. The Morgan fingerprint density at radius 3 is 2.39 bits per heavy atom. The number of benzene rings is 1. The number of amides is 1. The van der Waals surface area contributed by atoms with Crippen molar-refractivity contribution in [3.05, 3.63) is 33.8 Å². The monoisotopic (exact) mass is 305 g/mol. The van der Waals surface area contributed by atoms with E-state index in [9.17, 15) is 4.79 Å². The lowest BCUT2D eigenvalue weighted by molar-refractivity contribution is 0.0747. The van der Waals surface area contributed by atoms with Gasteiger partial charge < -0.3 is 4.90 Å². The Hall–Kier alpha value is -0.440. The highest BCUT2D eigenvalue weighted by Gasteiger charge is 2.30. The summed E-state index contributed by atoms with van der Waals surface area (Å²) in [6.45, 7) is 0.698. The van der Waals surface area contributed by atoms with Gasteiger partial charge in [-0.15, -0.1) is 11.6 Å². The maximum absolute atomic E-state index is 12.3. The Kier molecular flexibility index (Phi) is 4.41. The Bertz CT molecular complexity index is 437. The molecule has 1 aliphatic carbocycles. The maximum Gasteiger partial charge on any atom is 0.256 e. The van der Waals surface area contributed by atoms with Crippen molar-refractivity contribution in [3.63, 3.8) is 0 Å². The molecule has 98 valence electrons. The third kappa shape index (κ3) is 2.93. The number of hydrogen-bond acceptors (Lipinski definition) is 1. The lowest BCUT2D eigenvalue weighted by atomic mass is 9.84. The molecule has 0 heterocycles. The lowest BCUT2D eigenvalue weighted by Gasteiger charge is -2.34. The van der Waals surface area contributed by atoms with Crippen molar-refractivity contribution in [3.8, 4) is 0 Å². The van der Waals surface area contributed by atoms with Crippen molar-refractivity contribution in [2.45, 2.75) is 18.2 Å². The fourth-order valence-electron chi connectivity index (χ4n) is 2.17. The first-order valence-corrected chi connectivity index (χ1v) is 7.01. The summed E-state index contributed by atoms with van der Waals surface area (Å²) in [6.07, 6.45) is 1.94.